The Morgan fingerprint density at radius 2 is 0.796 bits per heavy atom. The van der Waals surface area contributed by atoms with Gasteiger partial charge in [0.2, 0.25) is 0 Å². The van der Waals surface area contributed by atoms with Crippen LogP contribution < -0.4 is 0 Å². The zero-order valence-electron chi connectivity index (χ0n) is 37.8. The number of hydrogen-bond donors (Lipinski definition) is 0. The van der Waals surface area contributed by atoms with Crippen molar-refractivity contribution in [3.05, 3.63) is 182 Å². The van der Waals surface area contributed by atoms with E-state index in [0.29, 0.717) is 60.5 Å². The van der Waals surface area contributed by atoms with Gasteiger partial charge in [0.05, 0.1) is 16.4 Å². The molecule has 0 unspecified atom stereocenters. The van der Waals surface area contributed by atoms with Gasteiger partial charge < -0.3 is 4.42 Å². The van der Waals surface area contributed by atoms with Gasteiger partial charge in [0.15, 0.2) is 0 Å². The van der Waals surface area contributed by atoms with Gasteiger partial charge in [0.1, 0.15) is 11.2 Å². The second-order valence-corrected chi connectivity index (χ2v) is 11.8. The Balaban J connectivity index is 1.37. The minimum Gasteiger partial charge on any atom is -0.456 e. The standard InChI is InChI=1S/C48H30O/c1-3-13-31(14-4-1)36-25-37(32-15-5-2-6-16-32)27-38(26-36)48-41-21-11-9-19-39(41)47(40-20-10-12-22-42(40)48)35-23-24-45-43(29-35)44-28-33-17-7-8-18-34(33)30-46(44)49-45/h1-30H/i7D,8D,17D,18D,23D,24D,25D,26D,27D,28D,29D,30D. The maximum Gasteiger partial charge on any atom is 0.136 e. The summed E-state index contributed by atoms with van der Waals surface area (Å²) in [6, 6.07) is 29.1. The summed E-state index contributed by atoms with van der Waals surface area (Å²) in [6.45, 7) is 0. The molecule has 0 radical (unpaired) electrons. The van der Waals surface area contributed by atoms with Gasteiger partial charge >= 0.3 is 0 Å². The quantitative estimate of drug-likeness (QED) is 0.176. The lowest BCUT2D eigenvalue weighted by Crippen LogP contribution is -1.92. The molecule has 0 saturated heterocycles. The second-order valence-electron chi connectivity index (χ2n) is 11.8. The topological polar surface area (TPSA) is 13.1 Å². The Kier molecular flexibility index (Phi) is 4.11. The summed E-state index contributed by atoms with van der Waals surface area (Å²) >= 11 is 0. The molecule has 49 heavy (non-hydrogen) atoms. The van der Waals surface area contributed by atoms with Gasteiger partial charge in [-0.05, 0) is 119 Å². The molecule has 1 heterocycles. The van der Waals surface area contributed by atoms with Crippen LogP contribution in [0.5, 0.6) is 0 Å². The minimum absolute atomic E-state index is 0.00889. The predicted molar refractivity (Wildman–Crippen MR) is 208 cm³/mol. The third kappa shape index (κ3) is 4.55. The smallest absolute Gasteiger partial charge is 0.136 e. The van der Waals surface area contributed by atoms with Crippen LogP contribution in [0.25, 0.3) is 98.8 Å². The maximum absolute atomic E-state index is 9.83. The van der Waals surface area contributed by atoms with Crippen LogP contribution in [0, 0.1) is 0 Å². The third-order valence-electron chi connectivity index (χ3n) is 8.94. The van der Waals surface area contributed by atoms with E-state index in [-0.39, 0.29) is 74.5 Å². The fraction of sp³-hybridized carbons (Fsp3) is 0. The van der Waals surface area contributed by atoms with Crippen LogP contribution in [-0.2, 0) is 0 Å². The molecule has 10 aromatic rings. The highest BCUT2D eigenvalue weighted by Crippen LogP contribution is 2.46. The molecule has 0 aliphatic heterocycles. The van der Waals surface area contributed by atoms with Crippen LogP contribution >= 0.6 is 0 Å². The molecule has 228 valence electrons. The zero-order chi connectivity index (χ0) is 42.8. The summed E-state index contributed by atoms with van der Waals surface area (Å²) in [7, 11) is 0. The van der Waals surface area contributed by atoms with E-state index in [1.165, 1.54) is 0 Å². The molecule has 0 aliphatic carbocycles. The predicted octanol–water partition coefficient (Wildman–Crippen LogP) is 13.7. The normalized spacial score (nSPS) is 15.1. The van der Waals surface area contributed by atoms with Crippen molar-refractivity contribution in [2.75, 3.05) is 0 Å². The van der Waals surface area contributed by atoms with Gasteiger partial charge in [0.25, 0.3) is 0 Å². The van der Waals surface area contributed by atoms with Gasteiger partial charge in [-0.1, -0.05) is 139 Å². The Hall–Kier alpha value is -6.44. The SMILES string of the molecule is [2H]c1c(-c2ccccc2)c([2H])c(-c2c3ccccc3c(-c3c([2H])c([2H])c4oc5c([2H])c6c([2H])c([2H])c([2H])c([2H])c6c([2H])c5c4c3[2H])c3ccccc23)c([2H])c1-c1ccccc1. The monoisotopic (exact) mass is 634 g/mol. The van der Waals surface area contributed by atoms with Crippen LogP contribution in [0.3, 0.4) is 0 Å². The number of fused-ring (bicyclic) bond motifs is 6. The highest BCUT2D eigenvalue weighted by Gasteiger charge is 2.19. The Morgan fingerprint density at radius 1 is 0.327 bits per heavy atom. The molecule has 0 spiro atoms. The molecule has 10 rings (SSSR count). The van der Waals surface area contributed by atoms with Gasteiger partial charge in [-0.3, -0.25) is 0 Å². The lowest BCUT2D eigenvalue weighted by molar-refractivity contribution is 0.669. The first-order chi connectivity index (χ1) is 29.3. The van der Waals surface area contributed by atoms with Crippen molar-refractivity contribution < 1.29 is 20.9 Å². The van der Waals surface area contributed by atoms with Crippen molar-refractivity contribution in [1.82, 2.24) is 0 Å². The van der Waals surface area contributed by atoms with Crippen LogP contribution in [-0.4, -0.2) is 0 Å². The third-order valence-corrected chi connectivity index (χ3v) is 8.94. The van der Waals surface area contributed by atoms with E-state index in [9.17, 15) is 9.60 Å². The molecular weight excluding hydrogens is 593 g/mol. The van der Waals surface area contributed by atoms with E-state index in [2.05, 4.69) is 0 Å². The van der Waals surface area contributed by atoms with Crippen molar-refractivity contribution in [1.29, 1.82) is 0 Å². The van der Waals surface area contributed by atoms with E-state index in [1.54, 1.807) is 12.1 Å². The molecule has 1 heteroatoms. The molecule has 0 atom stereocenters. The lowest BCUT2D eigenvalue weighted by atomic mass is 9.84. The highest BCUT2D eigenvalue weighted by atomic mass is 16.3. The van der Waals surface area contributed by atoms with E-state index < -0.39 is 36.3 Å². The largest absolute Gasteiger partial charge is 0.456 e. The first-order valence-corrected chi connectivity index (χ1v) is 15.9. The van der Waals surface area contributed by atoms with E-state index in [4.69, 9.17) is 11.3 Å². The van der Waals surface area contributed by atoms with Crippen molar-refractivity contribution in [2.24, 2.45) is 0 Å². The highest BCUT2D eigenvalue weighted by molar-refractivity contribution is 6.22. The lowest BCUT2D eigenvalue weighted by Gasteiger charge is -2.19. The fourth-order valence-corrected chi connectivity index (χ4v) is 6.74. The van der Waals surface area contributed by atoms with Gasteiger partial charge in [0, 0.05) is 10.8 Å². The van der Waals surface area contributed by atoms with Crippen LogP contribution in [0.1, 0.15) is 16.4 Å². The van der Waals surface area contributed by atoms with Crippen molar-refractivity contribution >= 4 is 54.3 Å². The Labute approximate surface area is 301 Å². The number of furan rings is 1. The molecule has 0 fully saturated rings. The first-order valence-electron chi connectivity index (χ1n) is 21.9. The molecule has 0 N–H and O–H groups in total. The van der Waals surface area contributed by atoms with Gasteiger partial charge in [-0.25, -0.2) is 0 Å². The molecule has 1 aromatic heterocycles. The second kappa shape index (κ2) is 11.1. The van der Waals surface area contributed by atoms with Gasteiger partial charge in [-0.15, -0.1) is 0 Å². The van der Waals surface area contributed by atoms with Crippen molar-refractivity contribution in [2.45, 2.75) is 0 Å². The molecule has 9 aromatic carbocycles. The van der Waals surface area contributed by atoms with E-state index in [1.807, 2.05) is 97.1 Å². The van der Waals surface area contributed by atoms with Crippen LogP contribution in [0.4, 0.5) is 0 Å². The molecule has 0 bridgehead atoms. The number of benzene rings is 9. The molecular formula is C48H30O. The first kappa shape index (κ1) is 18.2. The zero-order valence-corrected chi connectivity index (χ0v) is 25.8. The summed E-state index contributed by atoms with van der Waals surface area (Å²) in [4.78, 5) is 0. The van der Waals surface area contributed by atoms with Crippen molar-refractivity contribution in [3.8, 4) is 44.5 Å². The summed E-state index contributed by atoms with van der Waals surface area (Å²) < 4.78 is 116. The average molecular weight is 635 g/mol. The molecule has 0 saturated carbocycles. The molecule has 1 nitrogen and oxygen atoms in total. The van der Waals surface area contributed by atoms with Gasteiger partial charge in [-0.2, -0.15) is 0 Å². The molecule has 0 amide bonds. The van der Waals surface area contributed by atoms with E-state index >= 15 is 0 Å². The Morgan fingerprint density at radius 3 is 1.37 bits per heavy atom. The summed E-state index contributed by atoms with van der Waals surface area (Å²) in [5.74, 6) is 0. The molecule has 0 aliphatic rings. The number of rotatable bonds is 4. The summed E-state index contributed by atoms with van der Waals surface area (Å²) in [5.41, 5.74) is 2.86. The summed E-state index contributed by atoms with van der Waals surface area (Å²) in [5, 5.41) is 1.74. The maximum atomic E-state index is 9.83. The minimum atomic E-state index is -0.576. The van der Waals surface area contributed by atoms with E-state index in [0.717, 1.165) is 0 Å². The average Bonchev–Trinajstić information content (AvgIpc) is 3.69. The number of hydrogen-bond acceptors (Lipinski definition) is 1. The fourth-order valence-electron chi connectivity index (χ4n) is 6.74. The van der Waals surface area contributed by atoms with Crippen molar-refractivity contribution in [3.63, 3.8) is 0 Å². The van der Waals surface area contributed by atoms with Crippen LogP contribution in [0.2, 0.25) is 0 Å². The van der Waals surface area contributed by atoms with Crippen LogP contribution in [0.15, 0.2) is 186 Å². The Bertz CT molecular complexity index is 3420. The summed E-state index contributed by atoms with van der Waals surface area (Å²) in [6.07, 6.45) is 0.